The fraction of sp³-hybridized carbons (Fsp3) is 0. The van der Waals surface area contributed by atoms with Crippen LogP contribution >= 0.6 is 0 Å². The average molecular weight is 407 g/mol. The summed E-state index contributed by atoms with van der Waals surface area (Å²) in [4.78, 5) is 14.7. The molecule has 0 amide bonds. The number of aromatic nitrogens is 3. The van der Waals surface area contributed by atoms with Gasteiger partial charge in [0.15, 0.2) is 0 Å². The minimum atomic E-state index is 0.912. The van der Waals surface area contributed by atoms with Crippen LogP contribution in [-0.4, -0.2) is 15.0 Å². The van der Waals surface area contributed by atoms with E-state index >= 15 is 0 Å². The Morgan fingerprint density at radius 1 is 0.531 bits per heavy atom. The maximum absolute atomic E-state index is 5.16. The standard InChI is InChI=1S/C29H17N3/c1-2-7-20-16-21(12-11-18(20)6-1)27-26-23-14-13-19-8-5-15-30-28(19)29(23)31-17-24(26)22-9-3-4-10-25(22)32-27/h1-17H. The van der Waals surface area contributed by atoms with Gasteiger partial charge in [-0.25, -0.2) is 4.98 Å². The molecule has 0 unspecified atom stereocenters. The summed E-state index contributed by atoms with van der Waals surface area (Å²) in [5.41, 5.74) is 4.89. The molecular weight excluding hydrogens is 390 g/mol. The summed E-state index contributed by atoms with van der Waals surface area (Å²) in [6, 6.07) is 31.7. The van der Waals surface area contributed by atoms with E-state index in [1.807, 2.05) is 24.5 Å². The van der Waals surface area contributed by atoms with Crippen LogP contribution in [0.4, 0.5) is 0 Å². The topological polar surface area (TPSA) is 38.7 Å². The number of fused-ring (bicyclic) bond motifs is 8. The minimum Gasteiger partial charge on any atom is -0.254 e. The van der Waals surface area contributed by atoms with Crippen molar-refractivity contribution in [3.8, 4) is 11.3 Å². The van der Waals surface area contributed by atoms with Crippen LogP contribution in [0.5, 0.6) is 0 Å². The van der Waals surface area contributed by atoms with E-state index in [0.29, 0.717) is 0 Å². The van der Waals surface area contributed by atoms with E-state index in [4.69, 9.17) is 9.97 Å². The van der Waals surface area contributed by atoms with Gasteiger partial charge in [-0.3, -0.25) is 9.97 Å². The maximum Gasteiger partial charge on any atom is 0.0971 e. The molecule has 0 bridgehead atoms. The molecule has 0 spiro atoms. The van der Waals surface area contributed by atoms with Gasteiger partial charge in [0.25, 0.3) is 0 Å². The Morgan fingerprint density at radius 3 is 2.31 bits per heavy atom. The molecule has 0 saturated carbocycles. The largest absolute Gasteiger partial charge is 0.254 e. The molecule has 7 aromatic rings. The third-order valence-corrected chi connectivity index (χ3v) is 6.30. The fourth-order valence-corrected chi connectivity index (χ4v) is 4.78. The maximum atomic E-state index is 5.16. The van der Waals surface area contributed by atoms with Crippen molar-refractivity contribution in [2.24, 2.45) is 0 Å². The third-order valence-electron chi connectivity index (χ3n) is 6.30. The highest BCUT2D eigenvalue weighted by Gasteiger charge is 2.16. The van der Waals surface area contributed by atoms with Crippen LogP contribution in [-0.2, 0) is 0 Å². The SMILES string of the molecule is c1ccc2cc(-c3nc4ccccc4c4cnc5c(ccc6cccnc65)c34)ccc2c1. The second-order valence-electron chi connectivity index (χ2n) is 8.12. The van der Waals surface area contributed by atoms with Gasteiger partial charge in [-0.15, -0.1) is 0 Å². The second-order valence-corrected chi connectivity index (χ2v) is 8.12. The van der Waals surface area contributed by atoms with E-state index in [1.54, 1.807) is 0 Å². The molecule has 32 heavy (non-hydrogen) atoms. The van der Waals surface area contributed by atoms with Gasteiger partial charge in [-0.2, -0.15) is 0 Å². The Hall–Kier alpha value is -4.37. The van der Waals surface area contributed by atoms with Crippen molar-refractivity contribution in [3.05, 3.63) is 103 Å². The van der Waals surface area contributed by atoms with Crippen molar-refractivity contribution in [2.45, 2.75) is 0 Å². The fourth-order valence-electron chi connectivity index (χ4n) is 4.78. The quantitative estimate of drug-likeness (QED) is 0.268. The number of hydrogen-bond acceptors (Lipinski definition) is 3. The number of rotatable bonds is 1. The van der Waals surface area contributed by atoms with Crippen LogP contribution in [0.2, 0.25) is 0 Å². The van der Waals surface area contributed by atoms with Crippen molar-refractivity contribution in [1.82, 2.24) is 15.0 Å². The number of benzene rings is 4. The number of pyridine rings is 3. The molecule has 3 nitrogen and oxygen atoms in total. The van der Waals surface area contributed by atoms with Crippen molar-refractivity contribution in [2.75, 3.05) is 0 Å². The molecule has 0 atom stereocenters. The molecule has 3 heterocycles. The van der Waals surface area contributed by atoms with Gasteiger partial charge in [0.1, 0.15) is 0 Å². The Bertz CT molecular complexity index is 1840. The lowest BCUT2D eigenvalue weighted by Gasteiger charge is -2.13. The molecule has 4 aromatic carbocycles. The van der Waals surface area contributed by atoms with Crippen LogP contribution in [0.3, 0.4) is 0 Å². The van der Waals surface area contributed by atoms with Gasteiger partial charge < -0.3 is 0 Å². The molecule has 0 aliphatic rings. The molecule has 3 heteroatoms. The first-order valence-electron chi connectivity index (χ1n) is 10.7. The van der Waals surface area contributed by atoms with Crippen molar-refractivity contribution in [3.63, 3.8) is 0 Å². The van der Waals surface area contributed by atoms with Crippen molar-refractivity contribution >= 4 is 54.3 Å². The summed E-state index contributed by atoms with van der Waals surface area (Å²) in [5, 5.41) is 7.95. The lowest BCUT2D eigenvalue weighted by Crippen LogP contribution is -1.93. The minimum absolute atomic E-state index is 0.912. The molecule has 0 radical (unpaired) electrons. The molecule has 0 N–H and O–H groups in total. The lowest BCUT2D eigenvalue weighted by atomic mass is 9.96. The molecule has 0 aliphatic carbocycles. The summed E-state index contributed by atoms with van der Waals surface area (Å²) in [6.07, 6.45) is 3.82. The summed E-state index contributed by atoms with van der Waals surface area (Å²) in [5.74, 6) is 0. The average Bonchev–Trinajstić information content (AvgIpc) is 2.87. The van der Waals surface area contributed by atoms with E-state index in [2.05, 4.69) is 83.8 Å². The lowest BCUT2D eigenvalue weighted by molar-refractivity contribution is 1.38. The van der Waals surface area contributed by atoms with E-state index in [9.17, 15) is 0 Å². The third kappa shape index (κ3) is 2.45. The predicted octanol–water partition coefficient (Wildman–Crippen LogP) is 7.30. The Morgan fingerprint density at radius 2 is 1.34 bits per heavy atom. The highest BCUT2D eigenvalue weighted by atomic mass is 14.7. The number of hydrogen-bond donors (Lipinski definition) is 0. The zero-order valence-corrected chi connectivity index (χ0v) is 17.2. The zero-order valence-electron chi connectivity index (χ0n) is 17.2. The first-order valence-corrected chi connectivity index (χ1v) is 10.7. The Kier molecular flexibility index (Phi) is 3.55. The van der Waals surface area contributed by atoms with Crippen LogP contribution in [0, 0.1) is 0 Å². The smallest absolute Gasteiger partial charge is 0.0971 e. The normalized spacial score (nSPS) is 11.8. The van der Waals surface area contributed by atoms with Crippen molar-refractivity contribution in [1.29, 1.82) is 0 Å². The molecule has 7 rings (SSSR count). The summed E-state index contributed by atoms with van der Waals surface area (Å²) >= 11 is 0. The highest BCUT2D eigenvalue weighted by Crippen LogP contribution is 2.38. The molecule has 0 aliphatic heterocycles. The van der Waals surface area contributed by atoms with Crippen LogP contribution in [0.25, 0.3) is 65.5 Å². The van der Waals surface area contributed by atoms with Gasteiger partial charge >= 0.3 is 0 Å². The molecule has 3 aromatic heterocycles. The van der Waals surface area contributed by atoms with Crippen LogP contribution < -0.4 is 0 Å². The van der Waals surface area contributed by atoms with E-state index in [1.165, 1.54) is 10.8 Å². The van der Waals surface area contributed by atoms with Gasteiger partial charge in [0.05, 0.1) is 22.2 Å². The number of nitrogens with zero attached hydrogens (tertiary/aromatic N) is 3. The second kappa shape index (κ2) is 6.56. The molecule has 0 fully saturated rings. The van der Waals surface area contributed by atoms with Crippen LogP contribution in [0.15, 0.2) is 103 Å². The van der Waals surface area contributed by atoms with Gasteiger partial charge in [0.2, 0.25) is 0 Å². The monoisotopic (exact) mass is 407 g/mol. The van der Waals surface area contributed by atoms with Crippen molar-refractivity contribution < 1.29 is 0 Å². The Balaban J connectivity index is 1.69. The van der Waals surface area contributed by atoms with E-state index in [-0.39, 0.29) is 0 Å². The Labute approximate surface area is 184 Å². The van der Waals surface area contributed by atoms with Crippen LogP contribution in [0.1, 0.15) is 0 Å². The summed E-state index contributed by atoms with van der Waals surface area (Å²) in [7, 11) is 0. The van der Waals surface area contributed by atoms with Gasteiger partial charge in [-0.1, -0.05) is 72.8 Å². The molecule has 0 saturated heterocycles. The zero-order chi connectivity index (χ0) is 21.1. The summed E-state index contributed by atoms with van der Waals surface area (Å²) in [6.45, 7) is 0. The first-order chi connectivity index (χ1) is 15.9. The van der Waals surface area contributed by atoms with E-state index < -0.39 is 0 Å². The highest BCUT2D eigenvalue weighted by molar-refractivity contribution is 6.23. The van der Waals surface area contributed by atoms with Gasteiger partial charge in [0, 0.05) is 44.9 Å². The molecule has 148 valence electrons. The predicted molar refractivity (Wildman–Crippen MR) is 133 cm³/mol. The summed E-state index contributed by atoms with van der Waals surface area (Å²) < 4.78 is 0. The van der Waals surface area contributed by atoms with Gasteiger partial charge in [-0.05, 0) is 29.0 Å². The first kappa shape index (κ1) is 17.3. The number of para-hydroxylation sites is 1. The van der Waals surface area contributed by atoms with E-state index in [0.717, 1.165) is 54.7 Å². The molecular formula is C29H17N3.